The SMILES string of the molecule is COc1ccc(/C=C2/C=CC3(CCCC(OCc4ccccc4)O3)O2)cc1. The summed E-state index contributed by atoms with van der Waals surface area (Å²) in [6.45, 7) is 0.542. The van der Waals surface area contributed by atoms with Crippen LogP contribution in [0.3, 0.4) is 0 Å². The van der Waals surface area contributed by atoms with E-state index in [2.05, 4.69) is 12.1 Å². The lowest BCUT2D eigenvalue weighted by Crippen LogP contribution is -2.40. The Balaban J connectivity index is 1.37. The highest BCUT2D eigenvalue weighted by atomic mass is 16.8. The van der Waals surface area contributed by atoms with Crippen molar-refractivity contribution in [1.82, 2.24) is 0 Å². The molecule has 0 bridgehead atoms. The average molecular weight is 364 g/mol. The Morgan fingerprint density at radius 1 is 1.11 bits per heavy atom. The fourth-order valence-electron chi connectivity index (χ4n) is 3.35. The average Bonchev–Trinajstić information content (AvgIpc) is 3.09. The second-order valence-electron chi connectivity index (χ2n) is 6.80. The number of benzene rings is 2. The van der Waals surface area contributed by atoms with Crippen LogP contribution in [0.15, 0.2) is 72.5 Å². The van der Waals surface area contributed by atoms with Crippen LogP contribution >= 0.6 is 0 Å². The molecule has 2 aromatic carbocycles. The molecule has 2 aromatic rings. The van der Waals surface area contributed by atoms with Gasteiger partial charge in [0.1, 0.15) is 11.5 Å². The highest BCUT2D eigenvalue weighted by molar-refractivity contribution is 5.56. The number of hydrogen-bond donors (Lipinski definition) is 0. The van der Waals surface area contributed by atoms with E-state index in [1.54, 1.807) is 7.11 Å². The molecule has 2 aliphatic rings. The monoisotopic (exact) mass is 364 g/mol. The van der Waals surface area contributed by atoms with Crippen molar-refractivity contribution in [2.45, 2.75) is 37.9 Å². The Kier molecular flexibility index (Phi) is 5.28. The van der Waals surface area contributed by atoms with Crippen molar-refractivity contribution < 1.29 is 18.9 Å². The Bertz CT molecular complexity index is 810. The highest BCUT2D eigenvalue weighted by Crippen LogP contribution is 2.38. The van der Waals surface area contributed by atoms with Gasteiger partial charge in [-0.15, -0.1) is 0 Å². The molecule has 0 N–H and O–H groups in total. The molecular weight excluding hydrogens is 340 g/mol. The Morgan fingerprint density at radius 2 is 1.93 bits per heavy atom. The van der Waals surface area contributed by atoms with Crippen LogP contribution < -0.4 is 4.74 Å². The molecule has 27 heavy (non-hydrogen) atoms. The molecule has 4 nitrogen and oxygen atoms in total. The summed E-state index contributed by atoms with van der Waals surface area (Å²) in [5.74, 6) is 0.923. The zero-order chi connectivity index (χ0) is 18.5. The lowest BCUT2D eigenvalue weighted by molar-refractivity contribution is -0.294. The zero-order valence-corrected chi connectivity index (χ0v) is 15.5. The van der Waals surface area contributed by atoms with Crippen molar-refractivity contribution in [3.8, 4) is 5.75 Å². The molecule has 1 fully saturated rings. The predicted molar refractivity (Wildman–Crippen MR) is 104 cm³/mol. The van der Waals surface area contributed by atoms with E-state index in [9.17, 15) is 0 Å². The van der Waals surface area contributed by atoms with Gasteiger partial charge in [0, 0.05) is 6.42 Å². The van der Waals surface area contributed by atoms with Crippen LogP contribution in [0.4, 0.5) is 0 Å². The lowest BCUT2D eigenvalue weighted by atomic mass is 10.1. The minimum atomic E-state index is -0.710. The quantitative estimate of drug-likeness (QED) is 0.743. The summed E-state index contributed by atoms with van der Waals surface area (Å²) >= 11 is 0. The third kappa shape index (κ3) is 4.41. The van der Waals surface area contributed by atoms with E-state index in [-0.39, 0.29) is 6.29 Å². The summed E-state index contributed by atoms with van der Waals surface area (Å²) in [7, 11) is 1.66. The summed E-state index contributed by atoms with van der Waals surface area (Å²) < 4.78 is 23.5. The van der Waals surface area contributed by atoms with Crippen LogP contribution in [-0.2, 0) is 20.8 Å². The number of methoxy groups -OCH3 is 1. The molecule has 2 aliphatic heterocycles. The molecule has 0 radical (unpaired) electrons. The van der Waals surface area contributed by atoms with Gasteiger partial charge in [-0.05, 0) is 54.3 Å². The van der Waals surface area contributed by atoms with Crippen molar-refractivity contribution >= 4 is 6.08 Å². The van der Waals surface area contributed by atoms with E-state index in [1.807, 2.05) is 60.7 Å². The molecule has 4 rings (SSSR count). The molecule has 0 aliphatic carbocycles. The van der Waals surface area contributed by atoms with Crippen molar-refractivity contribution in [1.29, 1.82) is 0 Å². The molecule has 1 spiro atoms. The maximum atomic E-state index is 6.17. The molecular formula is C23H24O4. The number of rotatable bonds is 5. The normalized spacial score (nSPS) is 25.7. The summed E-state index contributed by atoms with van der Waals surface area (Å²) in [6, 6.07) is 18.0. The Hall–Kier alpha value is -2.56. The number of ether oxygens (including phenoxy) is 4. The number of hydrogen-bond acceptors (Lipinski definition) is 4. The maximum absolute atomic E-state index is 6.17. The highest BCUT2D eigenvalue weighted by Gasteiger charge is 2.40. The van der Waals surface area contributed by atoms with E-state index >= 15 is 0 Å². The van der Waals surface area contributed by atoms with E-state index in [1.165, 1.54) is 0 Å². The zero-order valence-electron chi connectivity index (χ0n) is 15.5. The van der Waals surface area contributed by atoms with Gasteiger partial charge in [0.25, 0.3) is 0 Å². The van der Waals surface area contributed by atoms with Gasteiger partial charge in [-0.3, -0.25) is 0 Å². The van der Waals surface area contributed by atoms with E-state index < -0.39 is 5.79 Å². The van der Waals surface area contributed by atoms with Gasteiger partial charge in [-0.2, -0.15) is 0 Å². The molecule has 0 saturated carbocycles. The first kappa shape index (κ1) is 17.8. The standard InChI is InChI=1S/C23H24O4/c1-24-20-11-9-18(10-12-20)16-21-13-15-23(26-21)14-5-8-22(27-23)25-17-19-6-3-2-4-7-19/h2-4,6-7,9-13,15-16,22H,5,8,14,17H2,1H3/b21-16-. The molecule has 2 heterocycles. The maximum Gasteiger partial charge on any atom is 0.233 e. The van der Waals surface area contributed by atoms with Crippen LogP contribution in [0.25, 0.3) is 6.08 Å². The first-order chi connectivity index (χ1) is 13.2. The molecule has 0 aromatic heterocycles. The van der Waals surface area contributed by atoms with Crippen LogP contribution in [0, 0.1) is 0 Å². The summed E-state index contributed by atoms with van der Waals surface area (Å²) in [4.78, 5) is 0. The van der Waals surface area contributed by atoms with Gasteiger partial charge in [-0.25, -0.2) is 0 Å². The molecule has 140 valence electrons. The topological polar surface area (TPSA) is 36.9 Å². The molecule has 0 amide bonds. The van der Waals surface area contributed by atoms with Gasteiger partial charge in [0.15, 0.2) is 6.29 Å². The fourth-order valence-corrected chi connectivity index (χ4v) is 3.35. The first-order valence-corrected chi connectivity index (χ1v) is 9.32. The van der Waals surface area contributed by atoms with Crippen molar-refractivity contribution in [2.75, 3.05) is 7.11 Å². The van der Waals surface area contributed by atoms with Gasteiger partial charge in [-0.1, -0.05) is 42.5 Å². The van der Waals surface area contributed by atoms with Crippen molar-refractivity contribution in [3.05, 3.63) is 83.6 Å². The van der Waals surface area contributed by atoms with Crippen molar-refractivity contribution in [3.63, 3.8) is 0 Å². The molecule has 4 heteroatoms. The largest absolute Gasteiger partial charge is 0.497 e. The molecule has 2 atom stereocenters. The minimum absolute atomic E-state index is 0.260. The summed E-state index contributed by atoms with van der Waals surface area (Å²) in [5, 5.41) is 0. The van der Waals surface area contributed by atoms with Gasteiger partial charge in [0.2, 0.25) is 5.79 Å². The molecule has 2 unspecified atom stereocenters. The first-order valence-electron chi connectivity index (χ1n) is 9.32. The van der Waals surface area contributed by atoms with Crippen LogP contribution in [0.2, 0.25) is 0 Å². The predicted octanol–water partition coefficient (Wildman–Crippen LogP) is 5.06. The molecule has 1 saturated heterocycles. The number of allylic oxidation sites excluding steroid dienone is 1. The van der Waals surface area contributed by atoms with Gasteiger partial charge >= 0.3 is 0 Å². The second-order valence-corrected chi connectivity index (χ2v) is 6.80. The smallest absolute Gasteiger partial charge is 0.233 e. The summed E-state index contributed by atoms with van der Waals surface area (Å²) in [6.07, 6.45) is 8.42. The third-order valence-electron chi connectivity index (χ3n) is 4.79. The van der Waals surface area contributed by atoms with Crippen LogP contribution in [0.5, 0.6) is 5.75 Å². The third-order valence-corrected chi connectivity index (χ3v) is 4.79. The summed E-state index contributed by atoms with van der Waals surface area (Å²) in [5.41, 5.74) is 2.20. The van der Waals surface area contributed by atoms with E-state index in [0.29, 0.717) is 6.61 Å². The lowest BCUT2D eigenvalue weighted by Gasteiger charge is -2.36. The van der Waals surface area contributed by atoms with Crippen LogP contribution in [0.1, 0.15) is 30.4 Å². The van der Waals surface area contributed by atoms with E-state index in [4.69, 9.17) is 18.9 Å². The van der Waals surface area contributed by atoms with Gasteiger partial charge < -0.3 is 18.9 Å². The van der Waals surface area contributed by atoms with E-state index in [0.717, 1.165) is 41.9 Å². The minimum Gasteiger partial charge on any atom is -0.497 e. The Morgan fingerprint density at radius 3 is 2.70 bits per heavy atom. The van der Waals surface area contributed by atoms with Crippen LogP contribution in [-0.4, -0.2) is 19.2 Å². The van der Waals surface area contributed by atoms with Gasteiger partial charge in [0.05, 0.1) is 13.7 Å². The fraction of sp³-hybridized carbons (Fsp3) is 0.304. The Labute approximate surface area is 160 Å². The van der Waals surface area contributed by atoms with Crippen molar-refractivity contribution in [2.24, 2.45) is 0 Å². The second kappa shape index (κ2) is 7.99.